The van der Waals surface area contributed by atoms with Gasteiger partial charge in [-0.15, -0.1) is 0 Å². The van der Waals surface area contributed by atoms with Crippen LogP contribution in [-0.4, -0.2) is 25.0 Å². The van der Waals surface area contributed by atoms with E-state index < -0.39 is 0 Å². The van der Waals surface area contributed by atoms with Crippen molar-refractivity contribution in [1.82, 2.24) is 19.1 Å². The zero-order valence-electron chi connectivity index (χ0n) is 11.3. The number of carbonyl (C=O) groups excluding carboxylic acids is 1. The SMILES string of the molecule is CC(C(=O)Nc1nccn1C)n1cnc2ccccc21. The van der Waals surface area contributed by atoms with E-state index in [4.69, 9.17) is 0 Å². The van der Waals surface area contributed by atoms with Gasteiger partial charge in [0.2, 0.25) is 11.9 Å². The van der Waals surface area contributed by atoms with Crippen LogP contribution in [0.25, 0.3) is 11.0 Å². The number of imidazole rings is 2. The van der Waals surface area contributed by atoms with Crippen LogP contribution in [0, 0.1) is 0 Å². The fourth-order valence-electron chi connectivity index (χ4n) is 2.11. The molecule has 0 bridgehead atoms. The Kier molecular flexibility index (Phi) is 2.98. The third-order valence-corrected chi connectivity index (χ3v) is 3.33. The lowest BCUT2D eigenvalue weighted by Gasteiger charge is -2.14. The van der Waals surface area contributed by atoms with Gasteiger partial charge in [-0.2, -0.15) is 0 Å². The van der Waals surface area contributed by atoms with Gasteiger partial charge in [-0.05, 0) is 19.1 Å². The Bertz CT molecular complexity index is 758. The molecule has 3 aromatic rings. The highest BCUT2D eigenvalue weighted by Gasteiger charge is 2.18. The van der Waals surface area contributed by atoms with Crippen molar-refractivity contribution in [2.45, 2.75) is 13.0 Å². The lowest BCUT2D eigenvalue weighted by atomic mass is 10.2. The molecule has 3 rings (SSSR count). The Morgan fingerprint density at radius 1 is 1.30 bits per heavy atom. The van der Waals surface area contributed by atoms with E-state index in [0.29, 0.717) is 5.95 Å². The van der Waals surface area contributed by atoms with Crippen LogP contribution in [0.4, 0.5) is 5.95 Å². The zero-order chi connectivity index (χ0) is 14.1. The van der Waals surface area contributed by atoms with E-state index in [9.17, 15) is 4.79 Å². The lowest BCUT2D eigenvalue weighted by Crippen LogP contribution is -2.24. The summed E-state index contributed by atoms with van der Waals surface area (Å²) in [4.78, 5) is 20.7. The molecule has 6 heteroatoms. The number of nitrogens with one attached hydrogen (secondary N) is 1. The molecule has 0 saturated heterocycles. The summed E-state index contributed by atoms with van der Waals surface area (Å²) in [5.74, 6) is 0.411. The second-order valence-corrected chi connectivity index (χ2v) is 4.67. The van der Waals surface area contributed by atoms with Crippen LogP contribution in [0.15, 0.2) is 43.0 Å². The monoisotopic (exact) mass is 269 g/mol. The van der Waals surface area contributed by atoms with E-state index in [-0.39, 0.29) is 11.9 Å². The van der Waals surface area contributed by atoms with Crippen molar-refractivity contribution in [3.63, 3.8) is 0 Å². The van der Waals surface area contributed by atoms with Crippen LogP contribution in [0.1, 0.15) is 13.0 Å². The molecule has 0 aliphatic carbocycles. The number of hydrogen-bond acceptors (Lipinski definition) is 3. The molecule has 2 heterocycles. The normalized spacial score (nSPS) is 12.5. The van der Waals surface area contributed by atoms with Gasteiger partial charge >= 0.3 is 0 Å². The molecule has 20 heavy (non-hydrogen) atoms. The minimum absolute atomic E-state index is 0.123. The number of nitrogens with zero attached hydrogens (tertiary/aromatic N) is 4. The average Bonchev–Trinajstić information content (AvgIpc) is 3.05. The number of rotatable bonds is 3. The van der Waals surface area contributed by atoms with E-state index in [1.54, 1.807) is 23.3 Å². The van der Waals surface area contributed by atoms with Crippen LogP contribution in [-0.2, 0) is 11.8 Å². The summed E-state index contributed by atoms with van der Waals surface area (Å²) in [6.45, 7) is 1.84. The highest BCUT2D eigenvalue weighted by Crippen LogP contribution is 2.18. The molecule has 1 N–H and O–H groups in total. The van der Waals surface area contributed by atoms with E-state index in [0.717, 1.165) is 11.0 Å². The molecule has 0 saturated carbocycles. The topological polar surface area (TPSA) is 64.7 Å². The number of carbonyl (C=O) groups is 1. The van der Waals surface area contributed by atoms with Gasteiger partial charge in [0.15, 0.2) is 0 Å². The van der Waals surface area contributed by atoms with E-state index in [2.05, 4.69) is 15.3 Å². The van der Waals surface area contributed by atoms with Gasteiger partial charge in [0.25, 0.3) is 0 Å². The largest absolute Gasteiger partial charge is 0.320 e. The first-order valence-corrected chi connectivity index (χ1v) is 6.36. The third kappa shape index (κ3) is 2.05. The van der Waals surface area contributed by atoms with E-state index in [1.807, 2.05) is 42.8 Å². The number of aromatic nitrogens is 4. The predicted molar refractivity (Wildman–Crippen MR) is 76.3 cm³/mol. The van der Waals surface area contributed by atoms with Gasteiger partial charge < -0.3 is 9.13 Å². The lowest BCUT2D eigenvalue weighted by molar-refractivity contribution is -0.118. The Morgan fingerprint density at radius 3 is 2.85 bits per heavy atom. The highest BCUT2D eigenvalue weighted by atomic mass is 16.2. The molecule has 0 radical (unpaired) electrons. The second-order valence-electron chi connectivity index (χ2n) is 4.67. The van der Waals surface area contributed by atoms with Gasteiger partial charge in [-0.1, -0.05) is 12.1 Å². The highest BCUT2D eigenvalue weighted by molar-refractivity contribution is 5.93. The molecule has 0 spiro atoms. The summed E-state index contributed by atoms with van der Waals surface area (Å²) >= 11 is 0. The maximum Gasteiger partial charge on any atom is 0.249 e. The van der Waals surface area contributed by atoms with Crippen molar-refractivity contribution in [3.8, 4) is 0 Å². The molecular formula is C14H15N5O. The molecule has 0 aliphatic heterocycles. The number of para-hydroxylation sites is 2. The number of aryl methyl sites for hydroxylation is 1. The second kappa shape index (κ2) is 4.80. The molecule has 0 fully saturated rings. The van der Waals surface area contributed by atoms with Gasteiger partial charge in [-0.3, -0.25) is 10.1 Å². The first kappa shape index (κ1) is 12.4. The van der Waals surface area contributed by atoms with Crippen molar-refractivity contribution in [2.75, 3.05) is 5.32 Å². The Morgan fingerprint density at radius 2 is 2.10 bits per heavy atom. The Labute approximate surface area is 116 Å². The molecule has 6 nitrogen and oxygen atoms in total. The summed E-state index contributed by atoms with van der Waals surface area (Å²) in [5.41, 5.74) is 1.82. The van der Waals surface area contributed by atoms with Crippen molar-refractivity contribution in [2.24, 2.45) is 7.05 Å². The number of benzene rings is 1. The summed E-state index contributed by atoms with van der Waals surface area (Å²) in [6, 6.07) is 7.38. The molecule has 0 aliphatic rings. The fraction of sp³-hybridized carbons (Fsp3) is 0.214. The molecule has 2 aromatic heterocycles. The minimum atomic E-state index is -0.362. The fourth-order valence-corrected chi connectivity index (χ4v) is 2.11. The Balaban J connectivity index is 1.87. The third-order valence-electron chi connectivity index (χ3n) is 3.33. The predicted octanol–water partition coefficient (Wildman–Crippen LogP) is 1.97. The summed E-state index contributed by atoms with van der Waals surface area (Å²) in [7, 11) is 1.83. The van der Waals surface area contributed by atoms with E-state index >= 15 is 0 Å². The van der Waals surface area contributed by atoms with Crippen LogP contribution < -0.4 is 5.32 Å². The maximum absolute atomic E-state index is 12.3. The average molecular weight is 269 g/mol. The van der Waals surface area contributed by atoms with Gasteiger partial charge in [0.05, 0.1) is 17.4 Å². The van der Waals surface area contributed by atoms with E-state index in [1.165, 1.54) is 0 Å². The number of fused-ring (bicyclic) bond motifs is 1. The van der Waals surface area contributed by atoms with Crippen LogP contribution in [0.3, 0.4) is 0 Å². The molecule has 1 unspecified atom stereocenters. The first-order valence-electron chi connectivity index (χ1n) is 6.36. The van der Waals surface area contributed by atoms with Crippen LogP contribution in [0.5, 0.6) is 0 Å². The first-order chi connectivity index (χ1) is 9.66. The van der Waals surface area contributed by atoms with Crippen LogP contribution >= 0.6 is 0 Å². The smallest absolute Gasteiger partial charge is 0.249 e. The summed E-state index contributed by atoms with van der Waals surface area (Å²) in [6.07, 6.45) is 5.12. The number of anilines is 1. The van der Waals surface area contributed by atoms with Crippen molar-refractivity contribution in [3.05, 3.63) is 43.0 Å². The van der Waals surface area contributed by atoms with Gasteiger partial charge in [-0.25, -0.2) is 9.97 Å². The maximum atomic E-state index is 12.3. The molecule has 1 aromatic carbocycles. The summed E-state index contributed by atoms with van der Waals surface area (Å²) < 4.78 is 3.62. The van der Waals surface area contributed by atoms with Crippen LogP contribution in [0.2, 0.25) is 0 Å². The van der Waals surface area contributed by atoms with Gasteiger partial charge in [0.1, 0.15) is 6.04 Å². The molecular weight excluding hydrogens is 254 g/mol. The van der Waals surface area contributed by atoms with Crippen molar-refractivity contribution < 1.29 is 4.79 Å². The molecule has 102 valence electrons. The van der Waals surface area contributed by atoms with Crippen molar-refractivity contribution in [1.29, 1.82) is 0 Å². The number of hydrogen-bond donors (Lipinski definition) is 1. The standard InChI is InChI=1S/C14H15N5O/c1-10(13(20)17-14-15-7-8-18(14)2)19-9-16-11-5-3-4-6-12(11)19/h3-10H,1-2H3,(H,15,17,20). The minimum Gasteiger partial charge on any atom is -0.320 e. The molecule has 1 atom stereocenters. The zero-order valence-corrected chi connectivity index (χ0v) is 11.3. The quantitative estimate of drug-likeness (QED) is 0.790. The van der Waals surface area contributed by atoms with Crippen molar-refractivity contribution >= 4 is 22.9 Å². The summed E-state index contributed by atoms with van der Waals surface area (Å²) in [5, 5.41) is 2.81. The number of amides is 1. The Hall–Kier alpha value is -2.63. The van der Waals surface area contributed by atoms with Gasteiger partial charge in [0, 0.05) is 19.4 Å². The molecule has 1 amide bonds.